The van der Waals surface area contributed by atoms with E-state index < -0.39 is 0 Å². The number of nitrogens with one attached hydrogen (secondary N) is 1. The number of carbonyl (C=O) groups is 1. The van der Waals surface area contributed by atoms with Crippen molar-refractivity contribution in [3.8, 4) is 0 Å². The van der Waals surface area contributed by atoms with Gasteiger partial charge in [-0.15, -0.1) is 0 Å². The van der Waals surface area contributed by atoms with Crippen molar-refractivity contribution in [2.24, 2.45) is 0 Å². The van der Waals surface area contributed by atoms with Crippen LogP contribution in [0.15, 0.2) is 47.4 Å². The first-order chi connectivity index (χ1) is 11.3. The SMILES string of the molecule is O=C(Nc1ccn(Cc2ccncc2)n1)c1ncc(C2CC2)o1. The van der Waals surface area contributed by atoms with Crippen LogP contribution in [0.3, 0.4) is 0 Å². The number of nitrogens with zero attached hydrogens (tertiary/aromatic N) is 4. The lowest BCUT2D eigenvalue weighted by Gasteiger charge is -2.01. The average molecular weight is 309 g/mol. The Morgan fingerprint density at radius 1 is 1.30 bits per heavy atom. The van der Waals surface area contributed by atoms with Crippen molar-refractivity contribution in [2.45, 2.75) is 25.3 Å². The fourth-order valence-corrected chi connectivity index (χ4v) is 2.31. The van der Waals surface area contributed by atoms with E-state index in [4.69, 9.17) is 4.42 Å². The normalized spacial score (nSPS) is 13.9. The summed E-state index contributed by atoms with van der Waals surface area (Å²) in [4.78, 5) is 20.1. The maximum absolute atomic E-state index is 12.1. The maximum Gasteiger partial charge on any atom is 0.312 e. The Kier molecular flexibility index (Phi) is 3.38. The smallest absolute Gasteiger partial charge is 0.312 e. The number of oxazole rings is 1. The van der Waals surface area contributed by atoms with Crippen molar-refractivity contribution < 1.29 is 9.21 Å². The molecule has 1 amide bonds. The molecule has 0 spiro atoms. The molecule has 3 heterocycles. The Bertz CT molecular complexity index is 820. The Labute approximate surface area is 132 Å². The highest BCUT2D eigenvalue weighted by Gasteiger charge is 2.28. The molecule has 0 bridgehead atoms. The van der Waals surface area contributed by atoms with E-state index in [1.165, 1.54) is 0 Å². The highest BCUT2D eigenvalue weighted by molar-refractivity contribution is 6.00. The van der Waals surface area contributed by atoms with E-state index in [9.17, 15) is 4.79 Å². The molecule has 0 unspecified atom stereocenters. The minimum atomic E-state index is -0.383. The Morgan fingerprint density at radius 2 is 2.13 bits per heavy atom. The molecule has 3 aromatic heterocycles. The van der Waals surface area contributed by atoms with Crippen LogP contribution >= 0.6 is 0 Å². The van der Waals surface area contributed by atoms with Gasteiger partial charge in [-0.1, -0.05) is 0 Å². The lowest BCUT2D eigenvalue weighted by atomic mass is 10.3. The van der Waals surface area contributed by atoms with Crippen molar-refractivity contribution in [1.82, 2.24) is 19.7 Å². The zero-order valence-electron chi connectivity index (χ0n) is 12.3. The van der Waals surface area contributed by atoms with Crippen LogP contribution in [0.25, 0.3) is 0 Å². The van der Waals surface area contributed by atoms with Crippen molar-refractivity contribution in [2.75, 3.05) is 5.32 Å². The van der Waals surface area contributed by atoms with Crippen LogP contribution in [-0.2, 0) is 6.54 Å². The molecule has 7 nitrogen and oxygen atoms in total. The minimum Gasteiger partial charge on any atom is -0.437 e. The summed E-state index contributed by atoms with van der Waals surface area (Å²) < 4.78 is 7.23. The van der Waals surface area contributed by atoms with Crippen LogP contribution in [0, 0.1) is 0 Å². The molecule has 4 rings (SSSR count). The summed E-state index contributed by atoms with van der Waals surface area (Å²) in [5, 5.41) is 7.02. The first-order valence-corrected chi connectivity index (χ1v) is 7.47. The fraction of sp³-hybridized carbons (Fsp3) is 0.250. The molecule has 0 saturated heterocycles. The van der Waals surface area contributed by atoms with Crippen molar-refractivity contribution in [3.63, 3.8) is 0 Å². The second-order valence-corrected chi connectivity index (χ2v) is 5.55. The zero-order chi connectivity index (χ0) is 15.6. The Hall–Kier alpha value is -2.96. The summed E-state index contributed by atoms with van der Waals surface area (Å²) >= 11 is 0. The maximum atomic E-state index is 12.1. The lowest BCUT2D eigenvalue weighted by molar-refractivity contribution is 0.0988. The molecule has 1 aliphatic carbocycles. The quantitative estimate of drug-likeness (QED) is 0.782. The molecule has 0 radical (unpaired) electrons. The van der Waals surface area contributed by atoms with Crippen LogP contribution in [0.1, 0.15) is 40.8 Å². The van der Waals surface area contributed by atoms with Gasteiger partial charge in [0.15, 0.2) is 5.82 Å². The van der Waals surface area contributed by atoms with Gasteiger partial charge in [0.25, 0.3) is 5.89 Å². The van der Waals surface area contributed by atoms with Crippen LogP contribution < -0.4 is 5.32 Å². The highest BCUT2D eigenvalue weighted by atomic mass is 16.4. The van der Waals surface area contributed by atoms with Gasteiger partial charge in [0.05, 0.1) is 12.7 Å². The molecule has 7 heteroatoms. The van der Waals surface area contributed by atoms with Crippen LogP contribution in [0.5, 0.6) is 0 Å². The molecule has 1 saturated carbocycles. The number of anilines is 1. The van der Waals surface area contributed by atoms with Gasteiger partial charge in [-0.2, -0.15) is 5.10 Å². The third-order valence-corrected chi connectivity index (χ3v) is 3.67. The summed E-state index contributed by atoms with van der Waals surface area (Å²) in [5.74, 6) is 1.39. The van der Waals surface area contributed by atoms with Crippen LogP contribution in [0.2, 0.25) is 0 Å². The monoisotopic (exact) mass is 309 g/mol. The van der Waals surface area contributed by atoms with Crippen LogP contribution in [-0.4, -0.2) is 25.7 Å². The summed E-state index contributed by atoms with van der Waals surface area (Å²) in [6.07, 6.45) is 9.13. The number of carbonyl (C=O) groups excluding carboxylic acids is 1. The molecule has 1 aliphatic rings. The fourth-order valence-electron chi connectivity index (χ4n) is 2.31. The molecule has 116 valence electrons. The minimum absolute atomic E-state index is 0.0792. The third kappa shape index (κ3) is 3.13. The van der Waals surface area contributed by atoms with Gasteiger partial charge in [0, 0.05) is 30.6 Å². The summed E-state index contributed by atoms with van der Waals surface area (Å²) in [6, 6.07) is 5.59. The van der Waals surface area contributed by atoms with E-state index in [2.05, 4.69) is 20.4 Å². The number of hydrogen-bond acceptors (Lipinski definition) is 5. The van der Waals surface area contributed by atoms with Crippen molar-refractivity contribution in [1.29, 1.82) is 0 Å². The molecule has 1 N–H and O–H groups in total. The van der Waals surface area contributed by atoms with Gasteiger partial charge in [0.1, 0.15) is 5.76 Å². The molecule has 0 aliphatic heterocycles. The molecular formula is C16H15N5O2. The van der Waals surface area contributed by atoms with Gasteiger partial charge in [-0.3, -0.25) is 14.5 Å². The van der Waals surface area contributed by atoms with Crippen molar-refractivity contribution >= 4 is 11.7 Å². The molecular weight excluding hydrogens is 294 g/mol. The van der Waals surface area contributed by atoms with Gasteiger partial charge < -0.3 is 9.73 Å². The van der Waals surface area contributed by atoms with Gasteiger partial charge in [-0.25, -0.2) is 4.98 Å². The molecule has 23 heavy (non-hydrogen) atoms. The van der Waals surface area contributed by atoms with E-state index in [-0.39, 0.29) is 11.8 Å². The number of pyridine rings is 1. The first kappa shape index (κ1) is 13.7. The first-order valence-electron chi connectivity index (χ1n) is 7.47. The highest BCUT2D eigenvalue weighted by Crippen LogP contribution is 2.40. The Balaban J connectivity index is 1.41. The zero-order valence-corrected chi connectivity index (χ0v) is 12.3. The summed E-state index contributed by atoms with van der Waals surface area (Å²) in [7, 11) is 0. The van der Waals surface area contributed by atoms with E-state index in [1.54, 1.807) is 35.5 Å². The van der Waals surface area contributed by atoms with E-state index in [0.717, 1.165) is 24.2 Å². The number of rotatable bonds is 5. The second-order valence-electron chi connectivity index (χ2n) is 5.55. The Morgan fingerprint density at radius 3 is 2.91 bits per heavy atom. The summed E-state index contributed by atoms with van der Waals surface area (Å²) in [5.41, 5.74) is 1.09. The topological polar surface area (TPSA) is 85.8 Å². The predicted molar refractivity (Wildman–Crippen MR) is 82.0 cm³/mol. The standard InChI is InChI=1S/C16H15N5O2/c22-15(16-18-9-13(23-16)12-1-2-12)19-14-5-8-21(20-14)10-11-3-6-17-7-4-11/h3-9,12H,1-2,10H2,(H,19,20,22). The number of aromatic nitrogens is 4. The predicted octanol–water partition coefficient (Wildman–Crippen LogP) is 2.44. The number of amides is 1. The molecule has 3 aromatic rings. The van der Waals surface area contributed by atoms with Crippen LogP contribution in [0.4, 0.5) is 5.82 Å². The van der Waals surface area contributed by atoms with Crippen molar-refractivity contribution in [3.05, 3.63) is 60.2 Å². The van der Waals surface area contributed by atoms with Gasteiger partial charge in [-0.05, 0) is 30.5 Å². The second kappa shape index (κ2) is 5.68. The molecule has 1 fully saturated rings. The van der Waals surface area contributed by atoms with Gasteiger partial charge >= 0.3 is 5.91 Å². The third-order valence-electron chi connectivity index (χ3n) is 3.67. The largest absolute Gasteiger partial charge is 0.437 e. The lowest BCUT2D eigenvalue weighted by Crippen LogP contribution is -2.13. The molecule has 0 aromatic carbocycles. The summed E-state index contributed by atoms with van der Waals surface area (Å²) in [6.45, 7) is 0.614. The van der Waals surface area contributed by atoms with Gasteiger partial charge in [0.2, 0.25) is 0 Å². The number of hydrogen-bond donors (Lipinski definition) is 1. The van der Waals surface area contributed by atoms with E-state index >= 15 is 0 Å². The molecule has 0 atom stereocenters. The van der Waals surface area contributed by atoms with E-state index in [0.29, 0.717) is 18.3 Å². The van der Waals surface area contributed by atoms with E-state index in [1.807, 2.05) is 12.1 Å². The average Bonchev–Trinajstić information content (AvgIpc) is 3.13.